The van der Waals surface area contributed by atoms with Gasteiger partial charge in [0.1, 0.15) is 0 Å². The molecule has 0 heterocycles. The number of carbonyl (C=O) groups is 3. The molecular formula is C14H14O9. The number of benzene rings is 1. The molecule has 124 valence electrons. The number of methoxy groups -OCH3 is 2. The van der Waals surface area contributed by atoms with Crippen LogP contribution in [0.25, 0.3) is 6.08 Å². The number of carboxylic acids is 2. The van der Waals surface area contributed by atoms with Gasteiger partial charge < -0.3 is 29.5 Å². The van der Waals surface area contributed by atoms with E-state index in [0.717, 1.165) is 6.08 Å². The van der Waals surface area contributed by atoms with E-state index in [1.54, 1.807) is 0 Å². The Bertz CT molecular complexity index is 609. The minimum absolute atomic E-state index is 0.0892. The minimum Gasteiger partial charge on any atom is -0.502 e. The molecule has 3 N–H and O–H groups in total. The fourth-order valence-electron chi connectivity index (χ4n) is 1.54. The zero-order valence-electron chi connectivity index (χ0n) is 12.2. The number of hydrogen-bond acceptors (Lipinski definition) is 7. The summed E-state index contributed by atoms with van der Waals surface area (Å²) in [6.45, 7) is 0. The Labute approximate surface area is 130 Å². The molecule has 0 saturated heterocycles. The van der Waals surface area contributed by atoms with E-state index < -0.39 is 24.0 Å². The predicted molar refractivity (Wildman–Crippen MR) is 75.4 cm³/mol. The van der Waals surface area contributed by atoms with E-state index in [2.05, 4.69) is 4.74 Å². The molecule has 0 radical (unpaired) electrons. The molecule has 0 spiro atoms. The molecule has 0 aromatic heterocycles. The molecule has 0 unspecified atom stereocenters. The highest BCUT2D eigenvalue weighted by Crippen LogP contribution is 2.37. The van der Waals surface area contributed by atoms with Crippen molar-refractivity contribution in [1.29, 1.82) is 0 Å². The van der Waals surface area contributed by atoms with Crippen LogP contribution in [0.1, 0.15) is 5.56 Å². The number of aliphatic carboxylic acids is 2. The maximum Gasteiger partial charge on any atom is 0.356 e. The summed E-state index contributed by atoms with van der Waals surface area (Å²) in [5, 5.41) is 26.9. The number of carboxylic acid groups (broad SMARTS) is 2. The Balaban J connectivity index is 2.94. The average molecular weight is 326 g/mol. The van der Waals surface area contributed by atoms with Gasteiger partial charge in [-0.1, -0.05) is 0 Å². The third kappa shape index (κ3) is 4.63. The lowest BCUT2D eigenvalue weighted by atomic mass is 10.1. The van der Waals surface area contributed by atoms with Crippen molar-refractivity contribution < 1.29 is 43.9 Å². The van der Waals surface area contributed by atoms with Crippen molar-refractivity contribution in [3.63, 3.8) is 0 Å². The van der Waals surface area contributed by atoms with E-state index >= 15 is 0 Å². The van der Waals surface area contributed by atoms with Crippen LogP contribution >= 0.6 is 0 Å². The monoisotopic (exact) mass is 326 g/mol. The van der Waals surface area contributed by atoms with Gasteiger partial charge in [-0.3, -0.25) is 0 Å². The van der Waals surface area contributed by atoms with Crippen molar-refractivity contribution >= 4 is 24.0 Å². The number of carbonyl (C=O) groups excluding carboxylic acids is 1. The molecule has 0 bridgehead atoms. The van der Waals surface area contributed by atoms with E-state index in [-0.39, 0.29) is 17.2 Å². The maximum atomic E-state index is 11.5. The van der Waals surface area contributed by atoms with Crippen molar-refractivity contribution in [2.45, 2.75) is 6.10 Å². The summed E-state index contributed by atoms with van der Waals surface area (Å²) in [5.41, 5.74) is 0.371. The predicted octanol–water partition coefficient (Wildman–Crippen LogP) is 0.504. The number of hydrogen-bond donors (Lipinski definition) is 3. The Morgan fingerprint density at radius 1 is 1.04 bits per heavy atom. The van der Waals surface area contributed by atoms with Crippen LogP contribution in [-0.2, 0) is 19.1 Å². The van der Waals surface area contributed by atoms with Crippen LogP contribution in [0.2, 0.25) is 0 Å². The summed E-state index contributed by atoms with van der Waals surface area (Å²) in [7, 11) is 2.64. The molecule has 0 saturated carbocycles. The van der Waals surface area contributed by atoms with Crippen molar-refractivity contribution in [3.8, 4) is 17.2 Å². The summed E-state index contributed by atoms with van der Waals surface area (Å²) in [5.74, 6) is -4.81. The molecule has 0 fully saturated rings. The fourth-order valence-corrected chi connectivity index (χ4v) is 1.54. The molecule has 9 nitrogen and oxygen atoms in total. The molecule has 1 aromatic carbocycles. The van der Waals surface area contributed by atoms with E-state index in [4.69, 9.17) is 19.7 Å². The van der Waals surface area contributed by atoms with Crippen molar-refractivity contribution in [2.75, 3.05) is 14.2 Å². The number of ether oxygens (including phenoxy) is 3. The van der Waals surface area contributed by atoms with Gasteiger partial charge in [-0.05, 0) is 23.8 Å². The molecule has 0 aliphatic rings. The largest absolute Gasteiger partial charge is 0.502 e. The van der Waals surface area contributed by atoms with E-state index in [1.165, 1.54) is 32.4 Å². The van der Waals surface area contributed by atoms with Gasteiger partial charge >= 0.3 is 17.9 Å². The second-order valence-corrected chi connectivity index (χ2v) is 4.10. The van der Waals surface area contributed by atoms with E-state index in [9.17, 15) is 19.5 Å². The summed E-state index contributed by atoms with van der Waals surface area (Å²) in [4.78, 5) is 32.7. The van der Waals surface area contributed by atoms with Gasteiger partial charge in [0, 0.05) is 6.08 Å². The molecule has 0 atom stereocenters. The molecular weight excluding hydrogens is 312 g/mol. The number of phenolic OH excluding ortho intramolecular Hbond substituents is 1. The van der Waals surface area contributed by atoms with Gasteiger partial charge in [-0.25, -0.2) is 14.4 Å². The Kier molecular flexibility index (Phi) is 5.95. The molecule has 1 rings (SSSR count). The van der Waals surface area contributed by atoms with Gasteiger partial charge in [0.2, 0.25) is 5.75 Å². The van der Waals surface area contributed by atoms with Crippen molar-refractivity contribution in [3.05, 3.63) is 23.8 Å². The first kappa shape index (κ1) is 17.8. The van der Waals surface area contributed by atoms with Crippen LogP contribution in [0.3, 0.4) is 0 Å². The first-order valence-corrected chi connectivity index (χ1v) is 6.09. The number of rotatable bonds is 7. The summed E-state index contributed by atoms with van der Waals surface area (Å²) >= 11 is 0. The highest BCUT2D eigenvalue weighted by Gasteiger charge is 2.29. The van der Waals surface area contributed by atoms with E-state index in [1.807, 2.05) is 0 Å². The maximum absolute atomic E-state index is 11.5. The molecule has 23 heavy (non-hydrogen) atoms. The van der Waals surface area contributed by atoms with Crippen LogP contribution in [0.15, 0.2) is 18.2 Å². The van der Waals surface area contributed by atoms with Crippen LogP contribution in [-0.4, -0.2) is 53.6 Å². The van der Waals surface area contributed by atoms with Gasteiger partial charge in [-0.2, -0.15) is 0 Å². The topological polar surface area (TPSA) is 140 Å². The minimum atomic E-state index is -2.30. The lowest BCUT2D eigenvalue weighted by molar-refractivity contribution is -0.172. The summed E-state index contributed by atoms with van der Waals surface area (Å²) < 4.78 is 14.1. The number of phenols is 1. The molecule has 0 aliphatic carbocycles. The molecule has 9 heteroatoms. The van der Waals surface area contributed by atoms with Gasteiger partial charge in [0.15, 0.2) is 11.5 Å². The van der Waals surface area contributed by atoms with Crippen molar-refractivity contribution in [2.24, 2.45) is 0 Å². The third-order valence-corrected chi connectivity index (χ3v) is 2.60. The first-order chi connectivity index (χ1) is 10.8. The normalized spacial score (nSPS) is 10.6. The average Bonchev–Trinajstić information content (AvgIpc) is 2.50. The van der Waals surface area contributed by atoms with Gasteiger partial charge in [-0.15, -0.1) is 0 Å². The number of aromatic hydroxyl groups is 1. The van der Waals surface area contributed by atoms with Crippen LogP contribution in [0, 0.1) is 0 Å². The zero-order valence-corrected chi connectivity index (χ0v) is 12.2. The standard InChI is InChI=1S/C14H14O9/c1-21-8-5-7(6-9(22-2)11(8)16)3-4-10(15)23-12(13(17)18)14(19)20/h3-6,12,16H,1-2H3,(H,17,18)(H,19,20). The molecule has 0 aliphatic heterocycles. The van der Waals surface area contributed by atoms with Gasteiger partial charge in [0.05, 0.1) is 14.2 Å². The second-order valence-electron chi connectivity index (χ2n) is 4.10. The summed E-state index contributed by atoms with van der Waals surface area (Å²) in [6, 6.07) is 2.76. The lowest BCUT2D eigenvalue weighted by Gasteiger charge is -2.09. The summed E-state index contributed by atoms with van der Waals surface area (Å²) in [6.07, 6.45) is -0.242. The Hall–Kier alpha value is -3.23. The van der Waals surface area contributed by atoms with Crippen LogP contribution in [0.4, 0.5) is 0 Å². The van der Waals surface area contributed by atoms with Gasteiger partial charge in [0.25, 0.3) is 6.10 Å². The zero-order chi connectivity index (χ0) is 17.6. The van der Waals surface area contributed by atoms with Crippen LogP contribution in [0.5, 0.6) is 17.2 Å². The Morgan fingerprint density at radius 3 is 1.91 bits per heavy atom. The van der Waals surface area contributed by atoms with Crippen LogP contribution < -0.4 is 9.47 Å². The van der Waals surface area contributed by atoms with E-state index in [0.29, 0.717) is 5.56 Å². The smallest absolute Gasteiger partial charge is 0.356 e. The molecule has 1 aromatic rings. The third-order valence-electron chi connectivity index (χ3n) is 2.60. The quantitative estimate of drug-likeness (QED) is 0.371. The second kappa shape index (κ2) is 7.69. The van der Waals surface area contributed by atoms with Crippen molar-refractivity contribution in [1.82, 2.24) is 0 Å². The SMILES string of the molecule is COc1cc(C=CC(=O)OC(C(=O)O)C(=O)O)cc(OC)c1O. The highest BCUT2D eigenvalue weighted by molar-refractivity contribution is 5.99. The Morgan fingerprint density at radius 2 is 1.52 bits per heavy atom. The lowest BCUT2D eigenvalue weighted by Crippen LogP contribution is -2.34. The molecule has 0 amide bonds. The first-order valence-electron chi connectivity index (χ1n) is 6.09. The highest BCUT2D eigenvalue weighted by atomic mass is 16.6. The number of esters is 1. The fraction of sp³-hybridized carbons (Fsp3) is 0.214.